The van der Waals surface area contributed by atoms with Crippen LogP contribution in [0.25, 0.3) is 0 Å². The molecule has 1 atom stereocenters. The van der Waals surface area contributed by atoms with Crippen molar-refractivity contribution in [2.24, 2.45) is 5.73 Å². The fraction of sp³-hybridized carbons (Fsp3) is 0.294. The van der Waals surface area contributed by atoms with Crippen molar-refractivity contribution in [3.63, 3.8) is 0 Å². The van der Waals surface area contributed by atoms with E-state index in [2.05, 4.69) is 43.3 Å². The van der Waals surface area contributed by atoms with Crippen LogP contribution >= 0.6 is 0 Å². The molecular formula is C17H21NO. The Morgan fingerprint density at radius 2 is 1.58 bits per heavy atom. The number of ether oxygens (including phenoxy) is 1. The van der Waals surface area contributed by atoms with Crippen LogP contribution in [-0.2, 0) is 11.2 Å². The summed E-state index contributed by atoms with van der Waals surface area (Å²) in [6, 6.07) is 18.9. The van der Waals surface area contributed by atoms with E-state index in [0.29, 0.717) is 13.2 Å². The fourth-order valence-corrected chi connectivity index (χ4v) is 2.13. The second-order valence-electron chi connectivity index (χ2n) is 4.55. The van der Waals surface area contributed by atoms with Crippen molar-refractivity contribution in [1.82, 2.24) is 0 Å². The van der Waals surface area contributed by atoms with Crippen LogP contribution < -0.4 is 5.73 Å². The maximum absolute atomic E-state index is 5.91. The lowest BCUT2D eigenvalue weighted by Crippen LogP contribution is -2.13. The van der Waals surface area contributed by atoms with Gasteiger partial charge in [-0.1, -0.05) is 61.5 Å². The Morgan fingerprint density at radius 1 is 0.947 bits per heavy atom. The highest BCUT2D eigenvalue weighted by Gasteiger charge is 2.13. The van der Waals surface area contributed by atoms with Gasteiger partial charge in [-0.2, -0.15) is 0 Å². The molecule has 0 saturated heterocycles. The van der Waals surface area contributed by atoms with Crippen molar-refractivity contribution < 1.29 is 4.74 Å². The largest absolute Gasteiger partial charge is 0.367 e. The van der Waals surface area contributed by atoms with Crippen LogP contribution in [0, 0.1) is 0 Å². The molecule has 0 bridgehead atoms. The van der Waals surface area contributed by atoms with E-state index in [1.165, 1.54) is 16.7 Å². The molecule has 0 heterocycles. The highest BCUT2D eigenvalue weighted by atomic mass is 16.5. The molecule has 0 aromatic heterocycles. The fourth-order valence-electron chi connectivity index (χ4n) is 2.13. The van der Waals surface area contributed by atoms with Gasteiger partial charge < -0.3 is 10.5 Å². The van der Waals surface area contributed by atoms with Gasteiger partial charge in [0.15, 0.2) is 0 Å². The van der Waals surface area contributed by atoms with Crippen molar-refractivity contribution in [2.75, 3.05) is 13.2 Å². The van der Waals surface area contributed by atoms with Crippen molar-refractivity contribution in [3.8, 4) is 0 Å². The summed E-state index contributed by atoms with van der Waals surface area (Å²) in [5.74, 6) is 0. The van der Waals surface area contributed by atoms with E-state index >= 15 is 0 Å². The molecule has 0 saturated carbocycles. The first-order valence-corrected chi connectivity index (χ1v) is 6.80. The van der Waals surface area contributed by atoms with Crippen LogP contribution in [0.1, 0.15) is 29.7 Å². The molecule has 19 heavy (non-hydrogen) atoms. The zero-order valence-corrected chi connectivity index (χ0v) is 11.4. The second kappa shape index (κ2) is 7.07. The summed E-state index contributed by atoms with van der Waals surface area (Å²) in [7, 11) is 0. The first kappa shape index (κ1) is 13.8. The number of rotatable bonds is 6. The van der Waals surface area contributed by atoms with Crippen molar-refractivity contribution in [3.05, 3.63) is 71.3 Å². The lowest BCUT2D eigenvalue weighted by atomic mass is 9.99. The Balaban J connectivity index is 2.26. The van der Waals surface area contributed by atoms with Gasteiger partial charge in [-0.3, -0.25) is 0 Å². The molecule has 2 heteroatoms. The first-order valence-electron chi connectivity index (χ1n) is 6.80. The van der Waals surface area contributed by atoms with Crippen LogP contribution in [0.5, 0.6) is 0 Å². The van der Waals surface area contributed by atoms with Gasteiger partial charge in [0, 0.05) is 6.54 Å². The topological polar surface area (TPSA) is 35.2 Å². The smallest absolute Gasteiger partial charge is 0.108 e. The Hall–Kier alpha value is -1.64. The predicted molar refractivity (Wildman–Crippen MR) is 79.1 cm³/mol. The molecule has 100 valence electrons. The van der Waals surface area contributed by atoms with Gasteiger partial charge in [-0.25, -0.2) is 0 Å². The molecule has 2 rings (SSSR count). The summed E-state index contributed by atoms with van der Waals surface area (Å²) in [5.41, 5.74) is 9.24. The van der Waals surface area contributed by atoms with E-state index in [1.807, 2.05) is 18.2 Å². The molecule has 0 spiro atoms. The van der Waals surface area contributed by atoms with Crippen molar-refractivity contribution in [1.29, 1.82) is 0 Å². The number of benzene rings is 2. The second-order valence-corrected chi connectivity index (χ2v) is 4.55. The minimum Gasteiger partial charge on any atom is -0.367 e. The minimum absolute atomic E-state index is 0.0318. The third-order valence-corrected chi connectivity index (χ3v) is 3.20. The van der Waals surface area contributed by atoms with Crippen LogP contribution in [0.3, 0.4) is 0 Å². The molecule has 0 aliphatic carbocycles. The van der Waals surface area contributed by atoms with E-state index in [4.69, 9.17) is 10.5 Å². The van der Waals surface area contributed by atoms with Crippen LogP contribution in [0.15, 0.2) is 54.6 Å². The van der Waals surface area contributed by atoms with Crippen molar-refractivity contribution in [2.45, 2.75) is 19.4 Å². The summed E-state index contributed by atoms with van der Waals surface area (Å²) >= 11 is 0. The standard InChI is InChI=1S/C17H21NO/c1-2-14-8-10-16(11-9-14)17(19-13-12-18)15-6-4-3-5-7-15/h3-11,17H,2,12-13,18H2,1H3. The highest BCUT2D eigenvalue weighted by molar-refractivity contribution is 5.32. The van der Waals surface area contributed by atoms with E-state index in [1.54, 1.807) is 0 Å². The van der Waals surface area contributed by atoms with Crippen LogP contribution in [0.4, 0.5) is 0 Å². The number of hydrogen-bond acceptors (Lipinski definition) is 2. The Bertz CT molecular complexity index is 478. The van der Waals surface area contributed by atoms with Crippen molar-refractivity contribution >= 4 is 0 Å². The van der Waals surface area contributed by atoms with Crippen LogP contribution in [0.2, 0.25) is 0 Å². The van der Waals surface area contributed by atoms with Gasteiger partial charge in [0.1, 0.15) is 6.10 Å². The Labute approximate surface area is 115 Å². The highest BCUT2D eigenvalue weighted by Crippen LogP contribution is 2.26. The van der Waals surface area contributed by atoms with Gasteiger partial charge in [-0.15, -0.1) is 0 Å². The maximum atomic E-state index is 5.91. The summed E-state index contributed by atoms with van der Waals surface area (Å²) in [5, 5.41) is 0. The lowest BCUT2D eigenvalue weighted by molar-refractivity contribution is 0.0864. The minimum atomic E-state index is -0.0318. The van der Waals surface area contributed by atoms with Gasteiger partial charge in [0.05, 0.1) is 6.61 Å². The Morgan fingerprint density at radius 3 is 2.16 bits per heavy atom. The van der Waals surface area contributed by atoms with Gasteiger partial charge in [0.25, 0.3) is 0 Å². The molecule has 2 aromatic rings. The van der Waals surface area contributed by atoms with Gasteiger partial charge in [0.2, 0.25) is 0 Å². The molecule has 0 aliphatic heterocycles. The molecule has 1 unspecified atom stereocenters. The molecular weight excluding hydrogens is 234 g/mol. The zero-order chi connectivity index (χ0) is 13.5. The van der Waals surface area contributed by atoms with Gasteiger partial charge in [-0.05, 0) is 23.1 Å². The van der Waals surface area contributed by atoms with Gasteiger partial charge >= 0.3 is 0 Å². The average molecular weight is 255 g/mol. The quantitative estimate of drug-likeness (QED) is 0.859. The SMILES string of the molecule is CCc1ccc(C(OCCN)c2ccccc2)cc1. The lowest BCUT2D eigenvalue weighted by Gasteiger charge is -2.19. The maximum Gasteiger partial charge on any atom is 0.108 e. The first-order chi connectivity index (χ1) is 9.35. The zero-order valence-electron chi connectivity index (χ0n) is 11.4. The number of hydrogen-bond donors (Lipinski definition) is 1. The molecule has 0 aliphatic rings. The number of aryl methyl sites for hydroxylation is 1. The molecule has 2 aromatic carbocycles. The molecule has 0 radical (unpaired) electrons. The molecule has 0 amide bonds. The number of nitrogens with two attached hydrogens (primary N) is 1. The van der Waals surface area contributed by atoms with E-state index < -0.39 is 0 Å². The average Bonchev–Trinajstić information content (AvgIpc) is 2.49. The van der Waals surface area contributed by atoms with E-state index in [9.17, 15) is 0 Å². The summed E-state index contributed by atoms with van der Waals surface area (Å²) in [6.45, 7) is 3.26. The summed E-state index contributed by atoms with van der Waals surface area (Å²) < 4.78 is 5.91. The summed E-state index contributed by atoms with van der Waals surface area (Å²) in [4.78, 5) is 0. The van der Waals surface area contributed by atoms with E-state index in [0.717, 1.165) is 6.42 Å². The summed E-state index contributed by atoms with van der Waals surface area (Å²) in [6.07, 6.45) is 1.02. The van der Waals surface area contributed by atoms with Crippen LogP contribution in [-0.4, -0.2) is 13.2 Å². The Kier molecular flexibility index (Phi) is 5.13. The predicted octanol–water partition coefficient (Wildman–Crippen LogP) is 3.31. The third kappa shape index (κ3) is 3.66. The third-order valence-electron chi connectivity index (χ3n) is 3.20. The molecule has 2 N–H and O–H groups in total. The monoisotopic (exact) mass is 255 g/mol. The molecule has 2 nitrogen and oxygen atoms in total. The molecule has 0 fully saturated rings. The van der Waals surface area contributed by atoms with E-state index in [-0.39, 0.29) is 6.10 Å². The normalized spacial score (nSPS) is 12.3.